The van der Waals surface area contributed by atoms with Gasteiger partial charge in [0.1, 0.15) is 0 Å². The lowest BCUT2D eigenvalue weighted by Gasteiger charge is -2.33. The predicted octanol–water partition coefficient (Wildman–Crippen LogP) is 3.34. The van der Waals surface area contributed by atoms with Crippen molar-refractivity contribution in [2.24, 2.45) is 4.99 Å². The van der Waals surface area contributed by atoms with Gasteiger partial charge < -0.3 is 0 Å². The number of carbonyl (C=O) groups excluding carboxylic acids is 1. The summed E-state index contributed by atoms with van der Waals surface area (Å²) < 4.78 is 0.927. The molecule has 1 aromatic heterocycles. The first kappa shape index (κ1) is 11.5. The van der Waals surface area contributed by atoms with Crippen molar-refractivity contribution in [1.82, 2.24) is 4.98 Å². The van der Waals surface area contributed by atoms with Crippen LogP contribution in [0, 0.1) is 0 Å². The number of aromatic nitrogens is 1. The van der Waals surface area contributed by atoms with E-state index in [-0.39, 0.29) is 5.54 Å². The van der Waals surface area contributed by atoms with Crippen LogP contribution in [-0.4, -0.2) is 11.1 Å². The summed E-state index contributed by atoms with van der Waals surface area (Å²) in [6.45, 7) is 0. The molecule has 1 saturated carbocycles. The van der Waals surface area contributed by atoms with Gasteiger partial charge in [0.05, 0.1) is 5.54 Å². The average molecular weight is 281 g/mol. The molecule has 0 bridgehead atoms. The Labute approximate surface area is 103 Å². The van der Waals surface area contributed by atoms with E-state index >= 15 is 0 Å². The minimum absolute atomic E-state index is 0.373. The highest BCUT2D eigenvalue weighted by Crippen LogP contribution is 2.42. The molecule has 1 heterocycles. The average Bonchev–Trinajstić information content (AvgIpc) is 2.31. The number of halogens is 1. The number of nitrogens with zero attached hydrogens (tertiary/aromatic N) is 2. The summed E-state index contributed by atoms with van der Waals surface area (Å²) in [5, 5.41) is 0. The van der Waals surface area contributed by atoms with Gasteiger partial charge in [-0.2, -0.15) is 4.99 Å². The highest BCUT2D eigenvalue weighted by molar-refractivity contribution is 9.10. The van der Waals surface area contributed by atoms with Crippen molar-refractivity contribution in [3.63, 3.8) is 0 Å². The Balaban J connectivity index is 2.46. The second-order valence-corrected chi connectivity index (χ2v) is 5.01. The molecule has 1 aliphatic carbocycles. The van der Waals surface area contributed by atoms with Crippen molar-refractivity contribution in [1.29, 1.82) is 0 Å². The maximum absolute atomic E-state index is 10.6. The lowest BCUT2D eigenvalue weighted by Crippen LogP contribution is -2.27. The molecule has 0 spiro atoms. The monoisotopic (exact) mass is 280 g/mol. The minimum atomic E-state index is -0.373. The molecule has 0 atom stereocenters. The first-order valence-corrected chi connectivity index (χ1v) is 6.27. The van der Waals surface area contributed by atoms with Crippen LogP contribution in [0.2, 0.25) is 0 Å². The molecule has 0 saturated heterocycles. The van der Waals surface area contributed by atoms with Crippen LogP contribution in [0.5, 0.6) is 0 Å². The molecule has 84 valence electrons. The van der Waals surface area contributed by atoms with Gasteiger partial charge in [0.15, 0.2) is 0 Å². The number of rotatable bonds is 2. The predicted molar refractivity (Wildman–Crippen MR) is 64.8 cm³/mol. The summed E-state index contributed by atoms with van der Waals surface area (Å²) >= 11 is 3.48. The third kappa shape index (κ3) is 2.08. The second-order valence-electron chi connectivity index (χ2n) is 4.15. The second kappa shape index (κ2) is 4.89. The fourth-order valence-electron chi connectivity index (χ4n) is 2.42. The molecular weight excluding hydrogens is 268 g/mol. The molecule has 16 heavy (non-hydrogen) atoms. The minimum Gasteiger partial charge on any atom is -0.264 e. The third-order valence-electron chi connectivity index (χ3n) is 3.21. The van der Waals surface area contributed by atoms with Crippen LogP contribution in [0.25, 0.3) is 0 Å². The maximum atomic E-state index is 10.6. The lowest BCUT2D eigenvalue weighted by atomic mass is 9.77. The van der Waals surface area contributed by atoms with E-state index in [0.29, 0.717) is 0 Å². The number of pyridine rings is 1. The molecule has 3 nitrogen and oxygen atoms in total. The molecule has 1 aliphatic rings. The fraction of sp³-hybridized carbons (Fsp3) is 0.500. The van der Waals surface area contributed by atoms with Crippen molar-refractivity contribution in [2.75, 3.05) is 0 Å². The van der Waals surface area contributed by atoms with Gasteiger partial charge in [0, 0.05) is 16.9 Å². The SMILES string of the molecule is O=C=NC1(c2ccncc2Br)CCCCC1. The van der Waals surface area contributed by atoms with Gasteiger partial charge >= 0.3 is 0 Å². The van der Waals surface area contributed by atoms with Crippen LogP contribution in [0.15, 0.2) is 27.9 Å². The van der Waals surface area contributed by atoms with Crippen molar-refractivity contribution in [3.8, 4) is 0 Å². The molecule has 1 fully saturated rings. The van der Waals surface area contributed by atoms with E-state index in [1.165, 1.54) is 6.42 Å². The van der Waals surface area contributed by atoms with Gasteiger partial charge in [-0.05, 0) is 40.4 Å². The van der Waals surface area contributed by atoms with Gasteiger partial charge in [-0.1, -0.05) is 19.3 Å². The first-order valence-electron chi connectivity index (χ1n) is 5.47. The summed E-state index contributed by atoms with van der Waals surface area (Å²) in [5.74, 6) is 0. The standard InChI is InChI=1S/C12H13BrN2O/c13-11-8-14-7-4-10(11)12(15-9-16)5-2-1-3-6-12/h4,7-8H,1-3,5-6H2. The topological polar surface area (TPSA) is 42.3 Å². The van der Waals surface area contributed by atoms with Gasteiger partial charge in [0.2, 0.25) is 6.08 Å². The summed E-state index contributed by atoms with van der Waals surface area (Å²) in [6.07, 6.45) is 10.5. The highest BCUT2D eigenvalue weighted by atomic mass is 79.9. The molecular formula is C12H13BrN2O. The Morgan fingerprint density at radius 1 is 1.38 bits per heavy atom. The normalized spacial score (nSPS) is 18.8. The largest absolute Gasteiger partial charge is 0.264 e. The van der Waals surface area contributed by atoms with E-state index in [1.807, 2.05) is 6.07 Å². The van der Waals surface area contributed by atoms with E-state index in [2.05, 4.69) is 25.9 Å². The van der Waals surface area contributed by atoms with Gasteiger partial charge in [0.25, 0.3) is 0 Å². The molecule has 2 rings (SSSR count). The quantitative estimate of drug-likeness (QED) is 0.616. The van der Waals surface area contributed by atoms with Gasteiger partial charge in [-0.15, -0.1) is 0 Å². The Morgan fingerprint density at radius 3 is 2.75 bits per heavy atom. The number of isocyanates is 1. The molecule has 0 radical (unpaired) electrons. The molecule has 0 N–H and O–H groups in total. The van der Waals surface area contributed by atoms with Crippen molar-refractivity contribution >= 4 is 22.0 Å². The van der Waals surface area contributed by atoms with Crippen LogP contribution in [0.1, 0.15) is 37.7 Å². The summed E-state index contributed by atoms with van der Waals surface area (Å²) in [7, 11) is 0. The van der Waals surface area contributed by atoms with Crippen molar-refractivity contribution < 1.29 is 4.79 Å². The van der Waals surface area contributed by atoms with Gasteiger partial charge in [-0.25, -0.2) is 4.79 Å². The molecule has 1 aromatic rings. The number of hydrogen-bond donors (Lipinski definition) is 0. The Hall–Kier alpha value is -0.990. The van der Waals surface area contributed by atoms with E-state index in [4.69, 9.17) is 0 Å². The maximum Gasteiger partial charge on any atom is 0.235 e. The fourth-order valence-corrected chi connectivity index (χ4v) is 3.04. The smallest absolute Gasteiger partial charge is 0.235 e. The molecule has 0 aliphatic heterocycles. The summed E-state index contributed by atoms with van der Waals surface area (Å²) in [4.78, 5) is 18.8. The Bertz CT molecular complexity index is 421. The number of hydrogen-bond acceptors (Lipinski definition) is 3. The Morgan fingerprint density at radius 2 is 2.12 bits per heavy atom. The molecule has 4 heteroatoms. The van der Waals surface area contributed by atoms with Crippen molar-refractivity contribution in [2.45, 2.75) is 37.6 Å². The first-order chi connectivity index (χ1) is 7.78. The zero-order chi connectivity index (χ0) is 11.4. The van der Waals surface area contributed by atoms with Crippen LogP contribution < -0.4 is 0 Å². The van der Waals surface area contributed by atoms with Crippen LogP contribution >= 0.6 is 15.9 Å². The van der Waals surface area contributed by atoms with Crippen LogP contribution in [0.3, 0.4) is 0 Å². The van der Waals surface area contributed by atoms with E-state index < -0.39 is 0 Å². The molecule has 0 amide bonds. The van der Waals surface area contributed by atoms with E-state index in [9.17, 15) is 4.79 Å². The van der Waals surface area contributed by atoms with E-state index in [0.717, 1.165) is 35.7 Å². The van der Waals surface area contributed by atoms with Crippen LogP contribution in [0.4, 0.5) is 0 Å². The van der Waals surface area contributed by atoms with Crippen LogP contribution in [-0.2, 0) is 10.3 Å². The zero-order valence-electron chi connectivity index (χ0n) is 8.95. The van der Waals surface area contributed by atoms with Gasteiger partial charge in [-0.3, -0.25) is 4.98 Å². The molecule has 0 unspecified atom stereocenters. The number of aliphatic imine (C=N–C) groups is 1. The Kier molecular flexibility index (Phi) is 3.52. The molecule has 0 aromatic carbocycles. The van der Waals surface area contributed by atoms with Crippen molar-refractivity contribution in [3.05, 3.63) is 28.5 Å². The highest BCUT2D eigenvalue weighted by Gasteiger charge is 2.35. The summed E-state index contributed by atoms with van der Waals surface area (Å²) in [5.41, 5.74) is 0.687. The lowest BCUT2D eigenvalue weighted by molar-refractivity contribution is 0.302. The van der Waals surface area contributed by atoms with E-state index in [1.54, 1.807) is 18.5 Å². The zero-order valence-corrected chi connectivity index (χ0v) is 10.5. The third-order valence-corrected chi connectivity index (χ3v) is 3.85. The summed E-state index contributed by atoms with van der Waals surface area (Å²) in [6, 6.07) is 1.94.